The molecule has 1 N–H and O–H groups in total. The summed E-state index contributed by atoms with van der Waals surface area (Å²) in [5, 5.41) is 4.63. The Kier molecular flexibility index (Phi) is 5.92. The third-order valence-corrected chi connectivity index (χ3v) is 5.01. The van der Waals surface area contributed by atoms with Crippen molar-refractivity contribution in [3.8, 4) is 0 Å². The molecule has 1 aromatic rings. The Labute approximate surface area is 129 Å². The van der Waals surface area contributed by atoms with Crippen LogP contribution in [0.4, 0.5) is 0 Å². The average molecular weight is 294 g/mol. The van der Waals surface area contributed by atoms with Crippen LogP contribution in [0.15, 0.2) is 18.2 Å². The Bertz CT molecular complexity index is 429. The molecule has 3 atom stereocenters. The zero-order valence-electron chi connectivity index (χ0n) is 13.1. The minimum absolute atomic E-state index is 0.572. The molecule has 0 heterocycles. The second kappa shape index (κ2) is 7.47. The molecule has 1 aromatic carbocycles. The normalized spacial score (nSPS) is 24.6. The van der Waals surface area contributed by atoms with Gasteiger partial charge < -0.3 is 5.32 Å². The van der Waals surface area contributed by atoms with Crippen LogP contribution in [0.25, 0.3) is 0 Å². The highest BCUT2D eigenvalue weighted by Gasteiger charge is 2.26. The molecule has 0 saturated heterocycles. The summed E-state index contributed by atoms with van der Waals surface area (Å²) in [4.78, 5) is 0. The summed E-state index contributed by atoms with van der Waals surface area (Å²) < 4.78 is 0. The second-order valence-corrected chi connectivity index (χ2v) is 6.90. The number of nitrogens with one attached hydrogen (secondary N) is 1. The number of halogens is 1. The molecule has 1 aliphatic carbocycles. The largest absolute Gasteiger partial charge is 0.314 e. The van der Waals surface area contributed by atoms with Crippen LogP contribution in [0.5, 0.6) is 0 Å². The molecule has 1 aliphatic rings. The van der Waals surface area contributed by atoms with Gasteiger partial charge in [-0.1, -0.05) is 50.4 Å². The van der Waals surface area contributed by atoms with Crippen LogP contribution in [0.2, 0.25) is 5.02 Å². The fourth-order valence-corrected chi connectivity index (χ4v) is 3.88. The van der Waals surface area contributed by atoms with Gasteiger partial charge in [-0.25, -0.2) is 0 Å². The van der Waals surface area contributed by atoms with Gasteiger partial charge in [0.25, 0.3) is 0 Å². The first-order valence-corrected chi connectivity index (χ1v) is 8.46. The Hall–Kier alpha value is -0.530. The second-order valence-electron chi connectivity index (χ2n) is 6.50. The lowest BCUT2D eigenvalue weighted by molar-refractivity contribution is 0.222. The summed E-state index contributed by atoms with van der Waals surface area (Å²) in [7, 11) is 0. The highest BCUT2D eigenvalue weighted by Crippen LogP contribution is 2.32. The maximum Gasteiger partial charge on any atom is 0.0441 e. The quantitative estimate of drug-likeness (QED) is 0.806. The third kappa shape index (κ3) is 4.23. The van der Waals surface area contributed by atoms with E-state index in [-0.39, 0.29) is 0 Å². The van der Waals surface area contributed by atoms with Crippen molar-refractivity contribution in [2.75, 3.05) is 6.54 Å². The molecule has 1 nitrogen and oxygen atoms in total. The fraction of sp³-hybridized carbons (Fsp3) is 0.667. The molecule has 2 rings (SSSR count). The van der Waals surface area contributed by atoms with Gasteiger partial charge in [0.2, 0.25) is 0 Å². The fourth-order valence-electron chi connectivity index (χ4n) is 3.57. The summed E-state index contributed by atoms with van der Waals surface area (Å²) >= 11 is 6.41. The SMILES string of the molecule is CCNC(Cc1ccc(C)cc1Cl)C1CCCC(C)C1. The summed E-state index contributed by atoms with van der Waals surface area (Å²) in [5.74, 6) is 1.68. The molecule has 0 aliphatic heterocycles. The van der Waals surface area contributed by atoms with Gasteiger partial charge >= 0.3 is 0 Å². The van der Waals surface area contributed by atoms with Crippen LogP contribution < -0.4 is 5.32 Å². The number of likely N-dealkylation sites (N-methyl/N-ethyl adjacent to an activating group) is 1. The maximum absolute atomic E-state index is 6.41. The lowest BCUT2D eigenvalue weighted by Crippen LogP contribution is -2.40. The summed E-state index contributed by atoms with van der Waals surface area (Å²) in [5.41, 5.74) is 2.53. The minimum atomic E-state index is 0.572. The number of benzene rings is 1. The highest BCUT2D eigenvalue weighted by atomic mass is 35.5. The molecule has 0 spiro atoms. The highest BCUT2D eigenvalue weighted by molar-refractivity contribution is 6.31. The number of rotatable bonds is 5. The van der Waals surface area contributed by atoms with Gasteiger partial charge in [0.15, 0.2) is 0 Å². The Balaban J connectivity index is 2.08. The first kappa shape index (κ1) is 15.9. The van der Waals surface area contributed by atoms with Crippen LogP contribution in [0.3, 0.4) is 0 Å². The monoisotopic (exact) mass is 293 g/mol. The van der Waals surface area contributed by atoms with E-state index in [4.69, 9.17) is 11.6 Å². The molecule has 3 unspecified atom stereocenters. The van der Waals surface area contributed by atoms with Crippen LogP contribution in [-0.4, -0.2) is 12.6 Å². The summed E-state index contributed by atoms with van der Waals surface area (Å²) in [6.07, 6.45) is 6.58. The smallest absolute Gasteiger partial charge is 0.0441 e. The van der Waals surface area contributed by atoms with E-state index in [0.29, 0.717) is 6.04 Å². The third-order valence-electron chi connectivity index (χ3n) is 4.66. The predicted octanol–water partition coefficient (Wildman–Crippen LogP) is 5.00. The Morgan fingerprint density at radius 1 is 1.35 bits per heavy atom. The van der Waals surface area contributed by atoms with Crippen molar-refractivity contribution >= 4 is 11.6 Å². The molecule has 2 heteroatoms. The lowest BCUT2D eigenvalue weighted by atomic mass is 9.77. The molecule has 1 saturated carbocycles. The van der Waals surface area contributed by atoms with E-state index in [1.807, 2.05) is 0 Å². The van der Waals surface area contributed by atoms with E-state index >= 15 is 0 Å². The van der Waals surface area contributed by atoms with Gasteiger partial charge in [-0.3, -0.25) is 0 Å². The van der Waals surface area contributed by atoms with E-state index in [1.54, 1.807) is 0 Å². The first-order valence-electron chi connectivity index (χ1n) is 8.08. The van der Waals surface area contributed by atoms with Crippen molar-refractivity contribution in [3.63, 3.8) is 0 Å². The van der Waals surface area contributed by atoms with Crippen molar-refractivity contribution in [1.29, 1.82) is 0 Å². The minimum Gasteiger partial charge on any atom is -0.314 e. The molecule has 0 bridgehead atoms. The van der Waals surface area contributed by atoms with E-state index in [9.17, 15) is 0 Å². The van der Waals surface area contributed by atoms with Crippen molar-refractivity contribution in [2.45, 2.75) is 58.9 Å². The van der Waals surface area contributed by atoms with Gasteiger partial charge in [0.1, 0.15) is 0 Å². The molecule has 0 radical (unpaired) electrons. The predicted molar refractivity (Wildman–Crippen MR) is 88.5 cm³/mol. The van der Waals surface area contributed by atoms with E-state index in [1.165, 1.54) is 36.8 Å². The zero-order valence-corrected chi connectivity index (χ0v) is 13.8. The maximum atomic E-state index is 6.41. The van der Waals surface area contributed by atoms with Gasteiger partial charge in [0, 0.05) is 11.1 Å². The Morgan fingerprint density at radius 3 is 2.80 bits per heavy atom. The molecule has 0 aromatic heterocycles. The van der Waals surface area contributed by atoms with Crippen molar-refractivity contribution in [1.82, 2.24) is 5.32 Å². The van der Waals surface area contributed by atoms with Crippen LogP contribution in [-0.2, 0) is 6.42 Å². The summed E-state index contributed by atoms with van der Waals surface area (Å²) in [6.45, 7) is 7.74. The Morgan fingerprint density at radius 2 is 2.15 bits per heavy atom. The van der Waals surface area contributed by atoms with E-state index in [2.05, 4.69) is 44.3 Å². The van der Waals surface area contributed by atoms with Gasteiger partial charge in [-0.05, 0) is 61.8 Å². The van der Waals surface area contributed by atoms with Crippen LogP contribution in [0, 0.1) is 18.8 Å². The van der Waals surface area contributed by atoms with E-state index < -0.39 is 0 Å². The number of aryl methyl sites for hydroxylation is 1. The molecule has 0 amide bonds. The van der Waals surface area contributed by atoms with E-state index in [0.717, 1.165) is 29.8 Å². The first-order chi connectivity index (χ1) is 9.60. The van der Waals surface area contributed by atoms with Crippen LogP contribution in [0.1, 0.15) is 50.7 Å². The van der Waals surface area contributed by atoms with Crippen molar-refractivity contribution in [2.24, 2.45) is 11.8 Å². The van der Waals surface area contributed by atoms with Crippen molar-refractivity contribution < 1.29 is 0 Å². The van der Waals surface area contributed by atoms with Gasteiger partial charge in [-0.2, -0.15) is 0 Å². The zero-order chi connectivity index (χ0) is 14.5. The molecular weight excluding hydrogens is 266 g/mol. The van der Waals surface area contributed by atoms with Gasteiger partial charge in [0.05, 0.1) is 0 Å². The number of hydrogen-bond donors (Lipinski definition) is 1. The average Bonchev–Trinajstić information content (AvgIpc) is 2.41. The van der Waals surface area contributed by atoms with Gasteiger partial charge in [-0.15, -0.1) is 0 Å². The molecule has 112 valence electrons. The standard InChI is InChI=1S/C18H28ClN/c1-4-20-18(16-7-5-6-13(2)10-16)12-15-9-8-14(3)11-17(15)19/h8-9,11,13,16,18,20H,4-7,10,12H2,1-3H3. The molecule has 20 heavy (non-hydrogen) atoms. The molecule has 1 fully saturated rings. The van der Waals surface area contributed by atoms with Crippen molar-refractivity contribution in [3.05, 3.63) is 34.3 Å². The topological polar surface area (TPSA) is 12.0 Å². The number of hydrogen-bond acceptors (Lipinski definition) is 1. The van der Waals surface area contributed by atoms with Crippen LogP contribution >= 0.6 is 11.6 Å². The lowest BCUT2D eigenvalue weighted by Gasteiger charge is -2.34. The summed E-state index contributed by atoms with van der Waals surface area (Å²) in [6, 6.07) is 7.04. The molecular formula is C18H28ClN.